The van der Waals surface area contributed by atoms with Gasteiger partial charge in [-0.05, 0) is 48.5 Å². The summed E-state index contributed by atoms with van der Waals surface area (Å²) < 4.78 is 45.0. The summed E-state index contributed by atoms with van der Waals surface area (Å²) in [6.07, 6.45) is -3.57. The van der Waals surface area contributed by atoms with Crippen molar-refractivity contribution in [1.82, 2.24) is 0 Å². The van der Waals surface area contributed by atoms with Crippen molar-refractivity contribution in [1.29, 1.82) is 0 Å². The molecule has 26 heavy (non-hydrogen) atoms. The Morgan fingerprint density at radius 1 is 1.12 bits per heavy atom. The van der Waals surface area contributed by atoms with Gasteiger partial charge < -0.3 is 9.47 Å². The van der Waals surface area contributed by atoms with E-state index in [0.717, 1.165) is 6.21 Å². The van der Waals surface area contributed by atoms with Crippen LogP contribution in [-0.2, 0) is 4.79 Å². The summed E-state index contributed by atoms with van der Waals surface area (Å²) in [6, 6.07) is 12.3. The third-order valence-electron chi connectivity index (χ3n) is 2.93. The van der Waals surface area contributed by atoms with E-state index >= 15 is 0 Å². The molecule has 1 N–H and O–H groups in total. The van der Waals surface area contributed by atoms with Crippen molar-refractivity contribution in [2.45, 2.75) is 11.3 Å². The first kappa shape index (κ1) is 19.6. The SMILES string of the molecule is COc1ccc(NN=CC(=O)CSc2ccc(OC(F)(F)F)cc2)cc1. The number of anilines is 1. The molecule has 0 spiro atoms. The molecule has 0 aliphatic rings. The summed E-state index contributed by atoms with van der Waals surface area (Å²) in [5, 5.41) is 3.84. The van der Waals surface area contributed by atoms with Gasteiger partial charge in [-0.3, -0.25) is 10.2 Å². The van der Waals surface area contributed by atoms with Crippen LogP contribution in [0.5, 0.6) is 11.5 Å². The minimum Gasteiger partial charge on any atom is -0.497 e. The number of rotatable bonds is 8. The fourth-order valence-corrected chi connectivity index (χ4v) is 2.49. The van der Waals surface area contributed by atoms with Gasteiger partial charge in [-0.15, -0.1) is 24.9 Å². The number of thioether (sulfide) groups is 1. The van der Waals surface area contributed by atoms with Crippen LogP contribution < -0.4 is 14.9 Å². The van der Waals surface area contributed by atoms with Crippen LogP contribution in [0.1, 0.15) is 0 Å². The second kappa shape index (κ2) is 9.14. The van der Waals surface area contributed by atoms with Gasteiger partial charge in [-0.2, -0.15) is 5.10 Å². The molecule has 0 aromatic heterocycles. The number of carbonyl (C=O) groups is 1. The van der Waals surface area contributed by atoms with Gasteiger partial charge in [0.2, 0.25) is 0 Å². The van der Waals surface area contributed by atoms with Crippen LogP contribution in [0.2, 0.25) is 0 Å². The van der Waals surface area contributed by atoms with Gasteiger partial charge in [-0.1, -0.05) is 0 Å². The number of hydrogen-bond acceptors (Lipinski definition) is 6. The van der Waals surface area contributed by atoms with Crippen LogP contribution >= 0.6 is 11.8 Å². The van der Waals surface area contributed by atoms with Crippen molar-refractivity contribution in [3.05, 3.63) is 48.5 Å². The number of ketones is 1. The fourth-order valence-electron chi connectivity index (χ4n) is 1.77. The van der Waals surface area contributed by atoms with Gasteiger partial charge in [0.1, 0.15) is 11.5 Å². The molecule has 0 fully saturated rings. The zero-order chi connectivity index (χ0) is 19.0. The molecule has 0 atom stereocenters. The Hall–Kier alpha value is -2.68. The van der Waals surface area contributed by atoms with Crippen LogP contribution in [0.3, 0.4) is 0 Å². The maximum atomic E-state index is 12.1. The molecule has 0 heterocycles. The van der Waals surface area contributed by atoms with Gasteiger partial charge >= 0.3 is 6.36 Å². The highest BCUT2D eigenvalue weighted by Gasteiger charge is 2.30. The molecule has 5 nitrogen and oxygen atoms in total. The smallest absolute Gasteiger partial charge is 0.497 e. The normalized spacial score (nSPS) is 11.4. The van der Waals surface area contributed by atoms with Crippen molar-refractivity contribution >= 4 is 29.4 Å². The predicted molar refractivity (Wildman–Crippen MR) is 94.0 cm³/mol. The topological polar surface area (TPSA) is 59.9 Å². The van der Waals surface area contributed by atoms with Gasteiger partial charge in [0.25, 0.3) is 0 Å². The lowest BCUT2D eigenvalue weighted by atomic mass is 10.3. The molecule has 2 aromatic rings. The van der Waals surface area contributed by atoms with Crippen LogP contribution in [0.15, 0.2) is 58.5 Å². The third kappa shape index (κ3) is 7.06. The number of benzene rings is 2. The van der Waals surface area contributed by atoms with Crippen LogP contribution in [0.4, 0.5) is 18.9 Å². The van der Waals surface area contributed by atoms with E-state index in [0.29, 0.717) is 16.3 Å². The van der Waals surface area contributed by atoms with E-state index in [-0.39, 0.29) is 17.3 Å². The maximum Gasteiger partial charge on any atom is 0.573 e. The number of hydrogen-bond donors (Lipinski definition) is 1. The molecule has 0 bridgehead atoms. The van der Waals surface area contributed by atoms with Crippen LogP contribution in [0.25, 0.3) is 0 Å². The number of nitrogens with zero attached hydrogens (tertiary/aromatic N) is 1. The zero-order valence-electron chi connectivity index (χ0n) is 13.6. The monoisotopic (exact) mass is 384 g/mol. The van der Waals surface area contributed by atoms with Crippen molar-refractivity contribution in [2.24, 2.45) is 5.10 Å². The molecule has 0 saturated carbocycles. The Bertz CT molecular complexity index is 747. The first-order valence-corrected chi connectivity index (χ1v) is 8.29. The lowest BCUT2D eigenvalue weighted by Crippen LogP contribution is -2.16. The van der Waals surface area contributed by atoms with E-state index in [1.54, 1.807) is 31.4 Å². The van der Waals surface area contributed by atoms with Crippen LogP contribution in [-0.4, -0.2) is 31.2 Å². The molecule has 0 unspecified atom stereocenters. The van der Waals surface area contributed by atoms with E-state index < -0.39 is 6.36 Å². The molecule has 2 aromatic carbocycles. The van der Waals surface area contributed by atoms with Gasteiger partial charge in [0, 0.05) is 4.90 Å². The van der Waals surface area contributed by atoms with E-state index in [9.17, 15) is 18.0 Å². The van der Waals surface area contributed by atoms with E-state index in [2.05, 4.69) is 15.3 Å². The summed E-state index contributed by atoms with van der Waals surface area (Å²) in [5.74, 6) is 0.261. The Kier molecular flexibility index (Phi) is 6.90. The molecule has 9 heteroatoms. The highest BCUT2D eigenvalue weighted by molar-refractivity contribution is 8.00. The quantitative estimate of drug-likeness (QED) is 0.417. The third-order valence-corrected chi connectivity index (χ3v) is 3.96. The van der Waals surface area contributed by atoms with Crippen molar-refractivity contribution < 1.29 is 27.4 Å². The Balaban J connectivity index is 1.77. The highest BCUT2D eigenvalue weighted by atomic mass is 32.2. The second-order valence-electron chi connectivity index (χ2n) is 4.87. The average molecular weight is 384 g/mol. The summed E-state index contributed by atoms with van der Waals surface area (Å²) in [4.78, 5) is 12.4. The average Bonchev–Trinajstić information content (AvgIpc) is 2.60. The Labute approximate surface area is 152 Å². The van der Waals surface area contributed by atoms with Crippen LogP contribution in [0, 0.1) is 0 Å². The van der Waals surface area contributed by atoms with Gasteiger partial charge in [0.15, 0.2) is 5.78 Å². The standard InChI is InChI=1S/C17H15F3N2O3S/c1-24-14-4-2-12(3-5-14)22-21-10-13(23)11-26-16-8-6-15(7-9-16)25-17(18,19)20/h2-10,22H,11H2,1H3. The Morgan fingerprint density at radius 2 is 1.73 bits per heavy atom. The number of alkyl halides is 3. The van der Waals surface area contributed by atoms with Gasteiger partial charge in [0.05, 0.1) is 24.8 Å². The number of ether oxygens (including phenoxy) is 2. The van der Waals surface area contributed by atoms with Gasteiger partial charge in [-0.25, -0.2) is 0 Å². The van der Waals surface area contributed by atoms with E-state index in [1.807, 2.05) is 0 Å². The molecule has 0 aliphatic heterocycles. The van der Waals surface area contributed by atoms with Crippen molar-refractivity contribution in [3.8, 4) is 11.5 Å². The Morgan fingerprint density at radius 3 is 2.31 bits per heavy atom. The molecule has 0 amide bonds. The number of Topliss-reactive ketones (excluding diaryl/α,β-unsaturated/α-hetero) is 1. The first-order chi connectivity index (χ1) is 12.4. The summed E-state index contributed by atoms with van der Waals surface area (Å²) >= 11 is 1.18. The number of carbonyl (C=O) groups excluding carboxylic acids is 1. The minimum absolute atomic E-state index is 0.104. The number of hydrazone groups is 1. The van der Waals surface area contributed by atoms with E-state index in [4.69, 9.17) is 4.74 Å². The highest BCUT2D eigenvalue weighted by Crippen LogP contribution is 2.26. The number of methoxy groups -OCH3 is 1. The molecule has 0 saturated heterocycles. The molecule has 138 valence electrons. The zero-order valence-corrected chi connectivity index (χ0v) is 14.4. The van der Waals surface area contributed by atoms with Crippen molar-refractivity contribution in [2.75, 3.05) is 18.3 Å². The number of halogens is 3. The molecule has 2 rings (SSSR count). The summed E-state index contributed by atoms with van der Waals surface area (Å²) in [6.45, 7) is 0. The number of nitrogens with one attached hydrogen (secondary N) is 1. The summed E-state index contributed by atoms with van der Waals surface area (Å²) in [5.41, 5.74) is 3.41. The van der Waals surface area contributed by atoms with E-state index in [1.165, 1.54) is 36.0 Å². The lowest BCUT2D eigenvalue weighted by Gasteiger charge is -2.08. The summed E-state index contributed by atoms with van der Waals surface area (Å²) in [7, 11) is 1.56. The molecular weight excluding hydrogens is 369 g/mol. The first-order valence-electron chi connectivity index (χ1n) is 7.30. The maximum absolute atomic E-state index is 12.1. The largest absolute Gasteiger partial charge is 0.573 e. The minimum atomic E-state index is -4.72. The lowest BCUT2D eigenvalue weighted by molar-refractivity contribution is -0.274. The fraction of sp³-hybridized carbons (Fsp3) is 0.176. The predicted octanol–water partition coefficient (Wildman–Crippen LogP) is 4.35. The second-order valence-corrected chi connectivity index (χ2v) is 5.92. The molecule has 0 radical (unpaired) electrons. The molecular formula is C17H15F3N2O3S. The molecule has 0 aliphatic carbocycles. The van der Waals surface area contributed by atoms with Crippen molar-refractivity contribution in [3.63, 3.8) is 0 Å².